The number of rotatable bonds is 3. The second-order valence-corrected chi connectivity index (χ2v) is 4.47. The third-order valence-electron chi connectivity index (χ3n) is 2.34. The lowest BCUT2D eigenvalue weighted by atomic mass is 10.2. The van der Waals surface area contributed by atoms with Gasteiger partial charge in [0, 0.05) is 10.0 Å². The maximum absolute atomic E-state index is 11.8. The highest BCUT2D eigenvalue weighted by molar-refractivity contribution is 9.10. The number of oxazole rings is 1. The third kappa shape index (κ3) is 2.94. The molecule has 0 bridgehead atoms. The Labute approximate surface area is 107 Å². The summed E-state index contributed by atoms with van der Waals surface area (Å²) in [5.41, 5.74) is 1.40. The summed E-state index contributed by atoms with van der Waals surface area (Å²) in [5.74, 6) is 0.537. The molecule has 0 saturated carbocycles. The van der Waals surface area contributed by atoms with E-state index in [1.807, 2.05) is 19.1 Å². The molecule has 1 aromatic heterocycles. The topological polar surface area (TPSA) is 55.1 Å². The first-order chi connectivity index (χ1) is 8.16. The summed E-state index contributed by atoms with van der Waals surface area (Å²) in [6.45, 7) is 2.18. The van der Waals surface area contributed by atoms with Crippen LogP contribution in [-0.4, -0.2) is 10.9 Å². The lowest BCUT2D eigenvalue weighted by Gasteiger charge is -2.03. The summed E-state index contributed by atoms with van der Waals surface area (Å²) in [5, 5.41) is 2.78. The van der Waals surface area contributed by atoms with Crippen LogP contribution in [0.15, 0.2) is 39.5 Å². The Hall–Kier alpha value is -1.62. The number of amides is 1. The molecule has 0 unspecified atom stereocenters. The maximum atomic E-state index is 11.8. The highest BCUT2D eigenvalue weighted by Gasteiger charge is 2.08. The fourth-order valence-electron chi connectivity index (χ4n) is 1.39. The van der Waals surface area contributed by atoms with Crippen LogP contribution in [0.25, 0.3) is 0 Å². The molecule has 1 heterocycles. The van der Waals surface area contributed by atoms with Gasteiger partial charge in [0.2, 0.25) is 0 Å². The minimum absolute atomic E-state index is 0.137. The van der Waals surface area contributed by atoms with Crippen LogP contribution in [0.4, 0.5) is 0 Å². The van der Waals surface area contributed by atoms with Gasteiger partial charge in [-0.1, -0.05) is 22.0 Å². The van der Waals surface area contributed by atoms with Crippen LogP contribution >= 0.6 is 15.9 Å². The normalized spacial score (nSPS) is 10.2. The van der Waals surface area contributed by atoms with E-state index in [4.69, 9.17) is 4.42 Å². The van der Waals surface area contributed by atoms with Crippen LogP contribution < -0.4 is 5.32 Å². The monoisotopic (exact) mass is 294 g/mol. The van der Waals surface area contributed by atoms with Crippen LogP contribution in [-0.2, 0) is 6.54 Å². The molecule has 0 spiro atoms. The van der Waals surface area contributed by atoms with E-state index in [0.29, 0.717) is 17.9 Å². The predicted octanol–water partition coefficient (Wildman–Crippen LogP) is 2.68. The Bertz CT molecular complexity index is 537. The number of nitrogens with zero attached hydrogens (tertiary/aromatic N) is 1. The molecule has 17 heavy (non-hydrogen) atoms. The van der Waals surface area contributed by atoms with Crippen molar-refractivity contribution in [3.63, 3.8) is 0 Å². The van der Waals surface area contributed by atoms with E-state index in [1.54, 1.807) is 12.1 Å². The molecule has 2 rings (SSSR count). The molecule has 88 valence electrons. The van der Waals surface area contributed by atoms with Gasteiger partial charge in [-0.15, -0.1) is 0 Å². The summed E-state index contributed by atoms with van der Waals surface area (Å²) in [6.07, 6.45) is 1.37. The van der Waals surface area contributed by atoms with Crippen LogP contribution in [0.5, 0.6) is 0 Å². The zero-order valence-corrected chi connectivity index (χ0v) is 10.8. The van der Waals surface area contributed by atoms with Gasteiger partial charge in [0.1, 0.15) is 5.76 Å². The SMILES string of the molecule is Cc1ncoc1CNC(=O)c1cccc(Br)c1. The van der Waals surface area contributed by atoms with Crippen molar-refractivity contribution in [2.24, 2.45) is 0 Å². The van der Waals surface area contributed by atoms with E-state index in [1.165, 1.54) is 6.39 Å². The quantitative estimate of drug-likeness (QED) is 0.947. The maximum Gasteiger partial charge on any atom is 0.251 e. The highest BCUT2D eigenvalue weighted by atomic mass is 79.9. The van der Waals surface area contributed by atoms with Crippen LogP contribution in [0.1, 0.15) is 21.8 Å². The summed E-state index contributed by atoms with van der Waals surface area (Å²) in [4.78, 5) is 15.8. The molecule has 5 heteroatoms. The van der Waals surface area contributed by atoms with E-state index in [9.17, 15) is 4.79 Å². The lowest BCUT2D eigenvalue weighted by Crippen LogP contribution is -2.22. The fourth-order valence-corrected chi connectivity index (χ4v) is 1.79. The first-order valence-corrected chi connectivity index (χ1v) is 5.89. The fraction of sp³-hybridized carbons (Fsp3) is 0.167. The average molecular weight is 295 g/mol. The number of aryl methyl sites for hydroxylation is 1. The molecular formula is C12H11BrN2O2. The summed E-state index contributed by atoms with van der Waals surface area (Å²) < 4.78 is 6.02. The van der Waals surface area contributed by atoms with E-state index in [-0.39, 0.29) is 5.91 Å². The Kier molecular flexibility index (Phi) is 3.58. The molecule has 1 N–H and O–H groups in total. The van der Waals surface area contributed by atoms with Crippen LogP contribution in [0.2, 0.25) is 0 Å². The first-order valence-electron chi connectivity index (χ1n) is 5.09. The number of hydrogen-bond donors (Lipinski definition) is 1. The molecule has 0 aliphatic heterocycles. The number of aromatic nitrogens is 1. The molecule has 1 aromatic carbocycles. The van der Waals surface area contributed by atoms with Gasteiger partial charge in [-0.05, 0) is 25.1 Å². The Morgan fingerprint density at radius 1 is 1.53 bits per heavy atom. The van der Waals surface area contributed by atoms with Gasteiger partial charge >= 0.3 is 0 Å². The highest BCUT2D eigenvalue weighted by Crippen LogP contribution is 2.12. The molecular weight excluding hydrogens is 284 g/mol. The standard InChI is InChI=1S/C12H11BrN2O2/c1-8-11(17-7-15-8)6-14-12(16)9-3-2-4-10(13)5-9/h2-5,7H,6H2,1H3,(H,14,16). The molecule has 0 aliphatic rings. The number of carbonyl (C=O) groups excluding carboxylic acids is 1. The lowest BCUT2D eigenvalue weighted by molar-refractivity contribution is 0.0948. The predicted molar refractivity (Wildman–Crippen MR) is 66.6 cm³/mol. The zero-order valence-electron chi connectivity index (χ0n) is 9.24. The number of hydrogen-bond acceptors (Lipinski definition) is 3. The van der Waals surface area contributed by atoms with Crippen molar-refractivity contribution in [1.29, 1.82) is 0 Å². The van der Waals surface area contributed by atoms with Crippen molar-refractivity contribution < 1.29 is 9.21 Å². The van der Waals surface area contributed by atoms with Gasteiger partial charge in [-0.25, -0.2) is 4.98 Å². The number of carbonyl (C=O) groups is 1. The first kappa shape index (κ1) is 11.9. The van der Waals surface area contributed by atoms with Crippen LogP contribution in [0, 0.1) is 6.92 Å². The minimum atomic E-state index is -0.137. The summed E-state index contributed by atoms with van der Waals surface area (Å²) >= 11 is 3.32. The molecule has 1 amide bonds. The Morgan fingerprint density at radius 3 is 3.00 bits per heavy atom. The average Bonchev–Trinajstić information content (AvgIpc) is 2.72. The number of halogens is 1. The molecule has 4 nitrogen and oxygen atoms in total. The smallest absolute Gasteiger partial charge is 0.251 e. The summed E-state index contributed by atoms with van der Waals surface area (Å²) in [7, 11) is 0. The van der Waals surface area contributed by atoms with Gasteiger partial charge in [0.05, 0.1) is 12.2 Å². The van der Waals surface area contributed by atoms with Crippen molar-refractivity contribution in [1.82, 2.24) is 10.3 Å². The summed E-state index contributed by atoms with van der Waals surface area (Å²) in [6, 6.07) is 7.21. The van der Waals surface area contributed by atoms with Gasteiger partial charge in [0.25, 0.3) is 5.91 Å². The second kappa shape index (κ2) is 5.14. The molecule has 0 aliphatic carbocycles. The van der Waals surface area contributed by atoms with Crippen molar-refractivity contribution in [3.05, 3.63) is 52.1 Å². The van der Waals surface area contributed by atoms with Crippen molar-refractivity contribution in [2.75, 3.05) is 0 Å². The van der Waals surface area contributed by atoms with E-state index < -0.39 is 0 Å². The number of benzene rings is 1. The zero-order chi connectivity index (χ0) is 12.3. The van der Waals surface area contributed by atoms with Crippen LogP contribution in [0.3, 0.4) is 0 Å². The van der Waals surface area contributed by atoms with Crippen molar-refractivity contribution >= 4 is 21.8 Å². The largest absolute Gasteiger partial charge is 0.446 e. The minimum Gasteiger partial charge on any atom is -0.446 e. The van der Waals surface area contributed by atoms with Gasteiger partial charge < -0.3 is 9.73 Å². The van der Waals surface area contributed by atoms with Gasteiger partial charge in [-0.2, -0.15) is 0 Å². The van der Waals surface area contributed by atoms with E-state index in [0.717, 1.165) is 10.2 Å². The molecule has 2 aromatic rings. The van der Waals surface area contributed by atoms with Gasteiger partial charge in [-0.3, -0.25) is 4.79 Å². The van der Waals surface area contributed by atoms with E-state index >= 15 is 0 Å². The molecule has 0 atom stereocenters. The molecule has 0 radical (unpaired) electrons. The van der Waals surface area contributed by atoms with E-state index in [2.05, 4.69) is 26.2 Å². The third-order valence-corrected chi connectivity index (χ3v) is 2.83. The van der Waals surface area contributed by atoms with Crippen molar-refractivity contribution in [3.8, 4) is 0 Å². The Balaban J connectivity index is 2.01. The molecule has 0 saturated heterocycles. The van der Waals surface area contributed by atoms with Crippen molar-refractivity contribution in [2.45, 2.75) is 13.5 Å². The Morgan fingerprint density at radius 2 is 2.35 bits per heavy atom. The molecule has 0 fully saturated rings. The number of nitrogens with one attached hydrogen (secondary N) is 1. The second-order valence-electron chi connectivity index (χ2n) is 3.55. The van der Waals surface area contributed by atoms with Gasteiger partial charge in [0.15, 0.2) is 6.39 Å².